The zero-order valence-electron chi connectivity index (χ0n) is 10.3. The van der Waals surface area contributed by atoms with E-state index in [0.717, 1.165) is 18.4 Å². The fraction of sp³-hybridized carbons (Fsp3) is 0.0833. The Balaban J connectivity index is 2.05. The highest BCUT2D eigenvalue weighted by atomic mass is 127. The van der Waals surface area contributed by atoms with Gasteiger partial charge in [-0.25, -0.2) is 5.43 Å². The van der Waals surface area contributed by atoms with Gasteiger partial charge in [-0.15, -0.1) is 0 Å². The smallest absolute Gasteiger partial charge is 0.291 e. The molecule has 0 unspecified atom stereocenters. The van der Waals surface area contributed by atoms with Crippen molar-refractivity contribution in [3.8, 4) is 5.75 Å². The fourth-order valence-electron chi connectivity index (χ4n) is 1.42. The number of rotatable bonds is 3. The van der Waals surface area contributed by atoms with E-state index in [9.17, 15) is 9.90 Å². The Morgan fingerprint density at radius 3 is 2.60 bits per heavy atom. The summed E-state index contributed by atoms with van der Waals surface area (Å²) in [7, 11) is 0. The summed E-state index contributed by atoms with van der Waals surface area (Å²) in [6.07, 6.45) is 1.52. The van der Waals surface area contributed by atoms with Crippen molar-refractivity contribution < 1.29 is 9.90 Å². The average molecular weight is 496 g/mol. The van der Waals surface area contributed by atoms with Crippen molar-refractivity contribution in [2.45, 2.75) is 6.92 Å². The number of phenols is 1. The standard InChI is InChI=1S/C12H10I2N4O2/c1-6-2-10(17-16-6)12(20)18-15-5-7-3-8(13)11(19)9(14)4-7/h2-5,19H,1H3,(H,16,17)(H,18,20). The van der Waals surface area contributed by atoms with Crippen LogP contribution in [0.2, 0.25) is 0 Å². The second kappa shape index (κ2) is 6.52. The van der Waals surface area contributed by atoms with Crippen molar-refractivity contribution in [1.82, 2.24) is 15.6 Å². The summed E-state index contributed by atoms with van der Waals surface area (Å²) in [5, 5.41) is 20.0. The molecule has 0 aliphatic rings. The van der Waals surface area contributed by atoms with Gasteiger partial charge < -0.3 is 5.11 Å². The zero-order valence-corrected chi connectivity index (χ0v) is 14.6. The van der Waals surface area contributed by atoms with E-state index in [1.54, 1.807) is 18.2 Å². The zero-order chi connectivity index (χ0) is 14.7. The number of hydrogen-bond acceptors (Lipinski definition) is 4. The Hall–Kier alpha value is -1.17. The van der Waals surface area contributed by atoms with Crippen LogP contribution in [0.25, 0.3) is 0 Å². The van der Waals surface area contributed by atoms with Crippen molar-refractivity contribution in [2.75, 3.05) is 0 Å². The lowest BCUT2D eigenvalue weighted by atomic mass is 10.2. The topological polar surface area (TPSA) is 90.4 Å². The molecule has 8 heteroatoms. The van der Waals surface area contributed by atoms with Gasteiger partial charge in [0.05, 0.1) is 13.4 Å². The van der Waals surface area contributed by atoms with Crippen molar-refractivity contribution in [1.29, 1.82) is 0 Å². The molecule has 3 N–H and O–H groups in total. The highest BCUT2D eigenvalue weighted by molar-refractivity contribution is 14.1. The molecule has 0 aliphatic carbocycles. The predicted octanol–water partition coefficient (Wildman–Crippen LogP) is 2.40. The predicted molar refractivity (Wildman–Crippen MR) is 91.9 cm³/mol. The molecule has 0 spiro atoms. The molecule has 20 heavy (non-hydrogen) atoms. The number of nitrogens with one attached hydrogen (secondary N) is 2. The SMILES string of the molecule is Cc1cc(C(=O)NN=Cc2cc(I)c(O)c(I)c2)n[nH]1. The minimum Gasteiger partial charge on any atom is -0.506 e. The highest BCUT2D eigenvalue weighted by Crippen LogP contribution is 2.26. The van der Waals surface area contributed by atoms with Gasteiger partial charge in [0.25, 0.3) is 5.91 Å². The van der Waals surface area contributed by atoms with Gasteiger partial charge in [-0.2, -0.15) is 10.2 Å². The third-order valence-corrected chi connectivity index (χ3v) is 4.00. The second-order valence-electron chi connectivity index (χ2n) is 3.97. The Morgan fingerprint density at radius 1 is 1.40 bits per heavy atom. The molecule has 104 valence electrons. The maximum absolute atomic E-state index is 11.7. The monoisotopic (exact) mass is 496 g/mol. The number of aromatic nitrogens is 2. The molecule has 0 atom stereocenters. The number of aromatic hydroxyl groups is 1. The Morgan fingerprint density at radius 2 is 2.05 bits per heavy atom. The van der Waals surface area contributed by atoms with Gasteiger partial charge in [-0.1, -0.05) is 0 Å². The summed E-state index contributed by atoms with van der Waals surface area (Å²) in [6, 6.07) is 5.18. The molecule has 1 aromatic carbocycles. The van der Waals surface area contributed by atoms with Crippen molar-refractivity contribution in [3.63, 3.8) is 0 Å². The van der Waals surface area contributed by atoms with E-state index in [1.807, 2.05) is 52.1 Å². The van der Waals surface area contributed by atoms with Gasteiger partial charge in [0.1, 0.15) is 5.75 Å². The highest BCUT2D eigenvalue weighted by Gasteiger charge is 2.08. The number of amides is 1. The Labute approximate surface area is 142 Å². The van der Waals surface area contributed by atoms with Crippen molar-refractivity contribution in [2.24, 2.45) is 5.10 Å². The molecule has 1 amide bonds. The van der Waals surface area contributed by atoms with E-state index in [1.165, 1.54) is 6.21 Å². The number of halogens is 2. The largest absolute Gasteiger partial charge is 0.506 e. The summed E-state index contributed by atoms with van der Waals surface area (Å²) in [6.45, 7) is 1.81. The number of hydrazone groups is 1. The molecule has 6 nitrogen and oxygen atoms in total. The van der Waals surface area contributed by atoms with Crippen LogP contribution in [0.1, 0.15) is 21.7 Å². The van der Waals surface area contributed by atoms with Crippen molar-refractivity contribution >= 4 is 57.3 Å². The Kier molecular flexibility index (Phi) is 4.96. The number of aryl methyl sites for hydroxylation is 1. The molecular formula is C12H10I2N4O2. The summed E-state index contributed by atoms with van der Waals surface area (Å²) in [4.78, 5) is 11.7. The summed E-state index contributed by atoms with van der Waals surface area (Å²) < 4.78 is 1.45. The van der Waals surface area contributed by atoms with E-state index in [-0.39, 0.29) is 17.4 Å². The van der Waals surface area contributed by atoms with Gasteiger partial charge in [0.15, 0.2) is 5.69 Å². The maximum Gasteiger partial charge on any atom is 0.291 e. The lowest BCUT2D eigenvalue weighted by Crippen LogP contribution is -2.18. The van der Waals surface area contributed by atoms with Crippen molar-refractivity contribution in [3.05, 3.63) is 42.3 Å². The Bertz CT molecular complexity index is 659. The second-order valence-corrected chi connectivity index (χ2v) is 6.29. The number of benzene rings is 1. The summed E-state index contributed by atoms with van der Waals surface area (Å²) >= 11 is 4.07. The fourth-order valence-corrected chi connectivity index (χ4v) is 3.23. The number of carbonyl (C=O) groups excluding carboxylic acids is 1. The third kappa shape index (κ3) is 3.69. The first-order chi connectivity index (χ1) is 9.47. The molecule has 1 heterocycles. The lowest BCUT2D eigenvalue weighted by molar-refractivity contribution is 0.0950. The van der Waals surface area contributed by atoms with Crippen LogP contribution in [0, 0.1) is 14.1 Å². The molecule has 0 aliphatic heterocycles. The van der Waals surface area contributed by atoms with Gasteiger partial charge in [-0.05, 0) is 75.9 Å². The number of H-pyrrole nitrogens is 1. The molecule has 2 aromatic rings. The molecular weight excluding hydrogens is 486 g/mol. The molecule has 0 bridgehead atoms. The first kappa shape index (κ1) is 15.2. The van der Waals surface area contributed by atoms with Crippen LogP contribution in [0.5, 0.6) is 5.75 Å². The van der Waals surface area contributed by atoms with Crippen LogP contribution in [-0.4, -0.2) is 27.4 Å². The molecule has 2 rings (SSSR count). The minimum absolute atomic E-state index is 0.249. The molecule has 0 saturated carbocycles. The minimum atomic E-state index is -0.381. The average Bonchev–Trinajstić information content (AvgIpc) is 2.82. The molecule has 0 saturated heterocycles. The normalized spacial score (nSPS) is 10.9. The van der Waals surface area contributed by atoms with Crippen LogP contribution in [0.15, 0.2) is 23.3 Å². The van der Waals surface area contributed by atoms with Gasteiger partial charge in [0, 0.05) is 5.69 Å². The van der Waals surface area contributed by atoms with Crippen LogP contribution >= 0.6 is 45.2 Å². The summed E-state index contributed by atoms with van der Waals surface area (Å²) in [5.74, 6) is -0.131. The first-order valence-corrected chi connectivity index (χ1v) is 7.66. The summed E-state index contributed by atoms with van der Waals surface area (Å²) in [5.41, 5.74) is 4.28. The van der Waals surface area contributed by atoms with Gasteiger partial charge in [-0.3, -0.25) is 9.89 Å². The maximum atomic E-state index is 11.7. The van der Waals surface area contributed by atoms with E-state index >= 15 is 0 Å². The number of carbonyl (C=O) groups is 1. The van der Waals surface area contributed by atoms with E-state index in [2.05, 4.69) is 20.7 Å². The van der Waals surface area contributed by atoms with E-state index in [0.29, 0.717) is 0 Å². The third-order valence-electron chi connectivity index (χ3n) is 2.36. The quantitative estimate of drug-likeness (QED) is 0.347. The van der Waals surface area contributed by atoms with Crippen LogP contribution in [0.4, 0.5) is 0 Å². The molecule has 0 radical (unpaired) electrons. The molecule has 0 fully saturated rings. The first-order valence-electron chi connectivity index (χ1n) is 5.51. The van der Waals surface area contributed by atoms with Gasteiger partial charge >= 0.3 is 0 Å². The van der Waals surface area contributed by atoms with E-state index < -0.39 is 0 Å². The van der Waals surface area contributed by atoms with Gasteiger partial charge in [0.2, 0.25) is 0 Å². The van der Waals surface area contributed by atoms with E-state index in [4.69, 9.17) is 0 Å². The van der Waals surface area contributed by atoms with Crippen LogP contribution in [-0.2, 0) is 0 Å². The number of phenolic OH excluding ortho intramolecular Hbond substituents is 1. The lowest BCUT2D eigenvalue weighted by Gasteiger charge is -2.02. The van der Waals surface area contributed by atoms with Crippen LogP contribution in [0.3, 0.4) is 0 Å². The number of hydrogen-bond donors (Lipinski definition) is 3. The molecule has 1 aromatic heterocycles. The van der Waals surface area contributed by atoms with Crippen LogP contribution < -0.4 is 5.43 Å². The number of aromatic amines is 1. The number of nitrogens with zero attached hydrogens (tertiary/aromatic N) is 2.